The molecule has 0 saturated heterocycles. The number of carbonyl (C=O) groups is 1. The van der Waals surface area contributed by atoms with E-state index in [1.807, 2.05) is 0 Å². The van der Waals surface area contributed by atoms with Crippen molar-refractivity contribution in [3.05, 3.63) is 45.3 Å². The van der Waals surface area contributed by atoms with Crippen molar-refractivity contribution in [3.8, 4) is 0 Å². The van der Waals surface area contributed by atoms with E-state index in [-0.39, 0.29) is 17.8 Å². The van der Waals surface area contributed by atoms with E-state index in [0.717, 1.165) is 42.5 Å². The minimum absolute atomic E-state index is 0.0415. The van der Waals surface area contributed by atoms with Gasteiger partial charge in [-0.15, -0.1) is 11.3 Å². The molecule has 4 nitrogen and oxygen atoms in total. The number of fused-ring (bicyclic) bond motifs is 1. The molecule has 0 bridgehead atoms. The van der Waals surface area contributed by atoms with Crippen LogP contribution in [-0.4, -0.2) is 17.7 Å². The van der Waals surface area contributed by atoms with Crippen LogP contribution >= 0.6 is 23.6 Å². The van der Waals surface area contributed by atoms with E-state index in [0.29, 0.717) is 29.1 Å². The summed E-state index contributed by atoms with van der Waals surface area (Å²) in [5.41, 5.74) is -2.23. The van der Waals surface area contributed by atoms with Crippen LogP contribution in [0.25, 0.3) is 0 Å². The summed E-state index contributed by atoms with van der Waals surface area (Å²) < 4.78 is 84.0. The highest BCUT2D eigenvalue weighted by atomic mass is 32.1. The quantitative estimate of drug-likeness (QED) is 0.248. The van der Waals surface area contributed by atoms with Crippen LogP contribution in [0.4, 0.5) is 37.0 Å². The maximum atomic E-state index is 13.1. The standard InChI is InChI=1S/C22H22F6N2O2S2/c1-2-32-19(31)17-15-7-5-3-4-6-8-16(15)34-18(17)30-20(33)29-14-10-12(21(23,24)25)9-13(11-14)22(26,27)28/h9-11H,2-8H2,1H3,(H2,29,30,33). The fourth-order valence-corrected chi connectivity index (χ4v) is 5.29. The molecule has 0 saturated carbocycles. The molecule has 0 fully saturated rings. The second-order valence-corrected chi connectivity index (χ2v) is 9.23. The molecule has 186 valence electrons. The monoisotopic (exact) mass is 524 g/mol. The lowest BCUT2D eigenvalue weighted by Gasteiger charge is -2.16. The molecule has 12 heteroatoms. The average Bonchev–Trinajstić information content (AvgIpc) is 3.02. The van der Waals surface area contributed by atoms with Crippen LogP contribution in [0.2, 0.25) is 0 Å². The van der Waals surface area contributed by atoms with E-state index >= 15 is 0 Å². The summed E-state index contributed by atoms with van der Waals surface area (Å²) in [5, 5.41) is 5.29. The number of thiocarbonyl (C=S) groups is 1. The predicted molar refractivity (Wildman–Crippen MR) is 122 cm³/mol. The number of hydrogen-bond donors (Lipinski definition) is 2. The zero-order chi connectivity index (χ0) is 25.1. The van der Waals surface area contributed by atoms with Gasteiger partial charge in [0.05, 0.1) is 23.3 Å². The molecule has 0 amide bonds. The minimum Gasteiger partial charge on any atom is -0.462 e. The van der Waals surface area contributed by atoms with Gasteiger partial charge in [0.1, 0.15) is 5.00 Å². The number of aryl methyl sites for hydroxylation is 1. The highest BCUT2D eigenvalue weighted by Crippen LogP contribution is 2.39. The largest absolute Gasteiger partial charge is 0.462 e. The number of hydrogen-bond acceptors (Lipinski definition) is 4. The summed E-state index contributed by atoms with van der Waals surface area (Å²) in [6.07, 6.45) is -4.60. The Labute approximate surface area is 201 Å². The van der Waals surface area contributed by atoms with Gasteiger partial charge in [-0.1, -0.05) is 12.8 Å². The van der Waals surface area contributed by atoms with E-state index in [4.69, 9.17) is 17.0 Å². The molecule has 34 heavy (non-hydrogen) atoms. The van der Waals surface area contributed by atoms with Gasteiger partial charge in [0, 0.05) is 10.6 Å². The number of halogens is 6. The molecule has 1 aliphatic carbocycles. The molecule has 1 aromatic heterocycles. The molecule has 0 aliphatic heterocycles. The first kappa shape index (κ1) is 26.3. The number of thiophene rings is 1. The topological polar surface area (TPSA) is 50.4 Å². The molecule has 0 unspecified atom stereocenters. The minimum atomic E-state index is -4.98. The number of anilines is 2. The van der Waals surface area contributed by atoms with Crippen molar-refractivity contribution in [2.24, 2.45) is 0 Å². The van der Waals surface area contributed by atoms with Crippen molar-refractivity contribution >= 4 is 45.3 Å². The third-order valence-electron chi connectivity index (χ3n) is 5.22. The fourth-order valence-electron chi connectivity index (χ4n) is 3.72. The van der Waals surface area contributed by atoms with Crippen molar-refractivity contribution in [2.45, 2.75) is 57.8 Å². The Balaban J connectivity index is 1.91. The summed E-state index contributed by atoms with van der Waals surface area (Å²) in [7, 11) is 0. The van der Waals surface area contributed by atoms with Crippen molar-refractivity contribution in [1.82, 2.24) is 0 Å². The number of carbonyl (C=O) groups excluding carboxylic acids is 1. The van der Waals surface area contributed by atoms with E-state index in [9.17, 15) is 31.1 Å². The van der Waals surface area contributed by atoms with Gasteiger partial charge < -0.3 is 15.4 Å². The van der Waals surface area contributed by atoms with Gasteiger partial charge in [-0.25, -0.2) is 4.79 Å². The number of esters is 1. The molecule has 2 aromatic rings. The van der Waals surface area contributed by atoms with Gasteiger partial charge in [0.2, 0.25) is 0 Å². The molecule has 1 heterocycles. The molecule has 3 rings (SSSR count). The SMILES string of the molecule is CCOC(=O)c1c(NC(=S)Nc2cc(C(F)(F)F)cc(C(F)(F)F)c2)sc2c1CCCCCC2. The van der Waals surface area contributed by atoms with Crippen molar-refractivity contribution in [1.29, 1.82) is 0 Å². The van der Waals surface area contributed by atoms with Crippen LogP contribution in [0.5, 0.6) is 0 Å². The summed E-state index contributed by atoms with van der Waals surface area (Å²) in [6, 6.07) is 1.13. The second-order valence-electron chi connectivity index (χ2n) is 7.72. The van der Waals surface area contributed by atoms with Gasteiger partial charge in [-0.05, 0) is 68.6 Å². The van der Waals surface area contributed by atoms with Crippen LogP contribution in [0.1, 0.15) is 64.5 Å². The lowest BCUT2D eigenvalue weighted by Crippen LogP contribution is -2.21. The Kier molecular flexibility index (Phi) is 8.12. The van der Waals surface area contributed by atoms with Crippen LogP contribution < -0.4 is 10.6 Å². The first-order chi connectivity index (χ1) is 15.9. The van der Waals surface area contributed by atoms with Gasteiger partial charge in [-0.3, -0.25) is 0 Å². The molecule has 2 N–H and O–H groups in total. The predicted octanol–water partition coefficient (Wildman–Crippen LogP) is 7.43. The number of nitrogens with one attached hydrogen (secondary N) is 2. The van der Waals surface area contributed by atoms with Gasteiger partial charge in [0.25, 0.3) is 0 Å². The Morgan fingerprint density at radius 2 is 1.56 bits per heavy atom. The summed E-state index contributed by atoms with van der Waals surface area (Å²) in [5.74, 6) is -0.552. The lowest BCUT2D eigenvalue weighted by atomic mass is 9.96. The van der Waals surface area contributed by atoms with Crippen molar-refractivity contribution in [3.63, 3.8) is 0 Å². The Morgan fingerprint density at radius 1 is 0.971 bits per heavy atom. The summed E-state index contributed by atoms with van der Waals surface area (Å²) in [4.78, 5) is 13.7. The molecule has 0 atom stereocenters. The van der Waals surface area contributed by atoms with Crippen molar-refractivity contribution < 1.29 is 35.9 Å². The first-order valence-corrected chi connectivity index (χ1v) is 11.8. The van der Waals surface area contributed by atoms with Gasteiger partial charge in [0.15, 0.2) is 5.11 Å². The van der Waals surface area contributed by atoms with Crippen LogP contribution in [-0.2, 0) is 29.9 Å². The maximum absolute atomic E-state index is 13.1. The number of alkyl halides is 6. The number of ether oxygens (including phenoxy) is 1. The third kappa shape index (κ3) is 6.41. The Morgan fingerprint density at radius 3 is 2.12 bits per heavy atom. The number of benzene rings is 1. The fraction of sp³-hybridized carbons (Fsp3) is 0.455. The molecule has 1 aromatic carbocycles. The third-order valence-corrected chi connectivity index (χ3v) is 6.63. The van der Waals surface area contributed by atoms with Crippen LogP contribution in [0, 0.1) is 0 Å². The zero-order valence-corrected chi connectivity index (χ0v) is 19.7. The van der Waals surface area contributed by atoms with Gasteiger partial charge >= 0.3 is 18.3 Å². The molecular weight excluding hydrogens is 502 g/mol. The van der Waals surface area contributed by atoms with Crippen LogP contribution in [0.15, 0.2) is 18.2 Å². The summed E-state index contributed by atoms with van der Waals surface area (Å²) in [6.45, 7) is 1.81. The van der Waals surface area contributed by atoms with E-state index < -0.39 is 35.1 Å². The second kappa shape index (κ2) is 10.5. The molecular formula is C22H22F6N2O2S2. The average molecular weight is 525 g/mol. The zero-order valence-electron chi connectivity index (χ0n) is 18.1. The van der Waals surface area contributed by atoms with Crippen LogP contribution in [0.3, 0.4) is 0 Å². The van der Waals surface area contributed by atoms with E-state index in [1.165, 1.54) is 11.3 Å². The highest BCUT2D eigenvalue weighted by Gasteiger charge is 2.37. The molecule has 0 spiro atoms. The lowest BCUT2D eigenvalue weighted by molar-refractivity contribution is -0.143. The molecule has 1 aliphatic rings. The number of rotatable bonds is 4. The van der Waals surface area contributed by atoms with E-state index in [2.05, 4.69) is 10.6 Å². The van der Waals surface area contributed by atoms with E-state index in [1.54, 1.807) is 6.92 Å². The first-order valence-electron chi connectivity index (χ1n) is 10.6. The highest BCUT2D eigenvalue weighted by molar-refractivity contribution is 7.80. The maximum Gasteiger partial charge on any atom is 0.416 e. The Hall–Kier alpha value is -2.34. The summed E-state index contributed by atoms with van der Waals surface area (Å²) >= 11 is 6.46. The van der Waals surface area contributed by atoms with Gasteiger partial charge in [-0.2, -0.15) is 26.3 Å². The van der Waals surface area contributed by atoms with Crippen molar-refractivity contribution in [2.75, 3.05) is 17.2 Å². The smallest absolute Gasteiger partial charge is 0.416 e. The Bertz CT molecular complexity index is 1030. The normalized spacial score (nSPS) is 14.6. The molecule has 0 radical (unpaired) electrons.